The Morgan fingerprint density at radius 2 is 1.64 bits per heavy atom. The van der Waals surface area contributed by atoms with Gasteiger partial charge in [-0.3, -0.25) is 9.52 Å². The van der Waals surface area contributed by atoms with Crippen LogP contribution in [0.1, 0.15) is 18.1 Å². The number of nitrogens with one attached hydrogen (secondary N) is 2. The SMILES string of the molecule is CC(=O)Nc1ccc(S(=O)(=O)Nc2ccc(C)cc2)cc1C. The third-order valence-corrected chi connectivity index (χ3v) is 4.50. The summed E-state index contributed by atoms with van der Waals surface area (Å²) < 4.78 is 27.3. The van der Waals surface area contributed by atoms with Gasteiger partial charge >= 0.3 is 0 Å². The lowest BCUT2D eigenvalue weighted by Crippen LogP contribution is -2.14. The Balaban J connectivity index is 2.27. The van der Waals surface area contributed by atoms with Gasteiger partial charge in [-0.15, -0.1) is 0 Å². The Labute approximate surface area is 130 Å². The Morgan fingerprint density at radius 1 is 1.00 bits per heavy atom. The van der Waals surface area contributed by atoms with Gasteiger partial charge in [0, 0.05) is 18.3 Å². The molecule has 2 rings (SSSR count). The van der Waals surface area contributed by atoms with E-state index < -0.39 is 10.0 Å². The minimum Gasteiger partial charge on any atom is -0.326 e. The van der Waals surface area contributed by atoms with Crippen LogP contribution in [0.5, 0.6) is 0 Å². The van der Waals surface area contributed by atoms with Crippen LogP contribution in [0.25, 0.3) is 0 Å². The quantitative estimate of drug-likeness (QED) is 0.909. The summed E-state index contributed by atoms with van der Waals surface area (Å²) >= 11 is 0. The molecule has 0 unspecified atom stereocenters. The molecule has 1 amide bonds. The van der Waals surface area contributed by atoms with E-state index in [2.05, 4.69) is 10.0 Å². The summed E-state index contributed by atoms with van der Waals surface area (Å²) in [6, 6.07) is 11.7. The average molecular weight is 318 g/mol. The fourth-order valence-corrected chi connectivity index (χ4v) is 3.11. The van der Waals surface area contributed by atoms with Crippen molar-refractivity contribution in [3.8, 4) is 0 Å². The van der Waals surface area contributed by atoms with Gasteiger partial charge in [0.15, 0.2) is 0 Å². The molecule has 0 spiro atoms. The highest BCUT2D eigenvalue weighted by Gasteiger charge is 2.15. The fraction of sp³-hybridized carbons (Fsp3) is 0.188. The van der Waals surface area contributed by atoms with Gasteiger partial charge in [-0.05, 0) is 49.7 Å². The van der Waals surface area contributed by atoms with Gasteiger partial charge < -0.3 is 5.32 Å². The van der Waals surface area contributed by atoms with E-state index in [1.165, 1.54) is 19.1 Å². The molecule has 5 nitrogen and oxygen atoms in total. The van der Waals surface area contributed by atoms with Gasteiger partial charge in [-0.25, -0.2) is 8.42 Å². The highest BCUT2D eigenvalue weighted by molar-refractivity contribution is 7.92. The third-order valence-electron chi connectivity index (χ3n) is 3.12. The standard InChI is InChI=1S/C16H18N2O3S/c1-11-4-6-14(7-5-11)18-22(20,21)15-8-9-16(12(2)10-15)17-13(3)19/h4-10,18H,1-3H3,(H,17,19). The van der Waals surface area contributed by atoms with E-state index >= 15 is 0 Å². The minimum absolute atomic E-state index is 0.152. The molecule has 0 aliphatic rings. The van der Waals surface area contributed by atoms with Crippen LogP contribution in [-0.2, 0) is 14.8 Å². The van der Waals surface area contributed by atoms with Crippen molar-refractivity contribution < 1.29 is 13.2 Å². The van der Waals surface area contributed by atoms with E-state index in [9.17, 15) is 13.2 Å². The molecule has 6 heteroatoms. The maximum Gasteiger partial charge on any atom is 0.261 e. The van der Waals surface area contributed by atoms with Crippen molar-refractivity contribution in [2.45, 2.75) is 25.7 Å². The molecule has 22 heavy (non-hydrogen) atoms. The lowest BCUT2D eigenvalue weighted by molar-refractivity contribution is -0.114. The Bertz CT molecular complexity index is 797. The van der Waals surface area contributed by atoms with Crippen molar-refractivity contribution in [3.63, 3.8) is 0 Å². The fourth-order valence-electron chi connectivity index (χ4n) is 1.97. The van der Waals surface area contributed by atoms with Crippen LogP contribution in [0.2, 0.25) is 0 Å². The normalized spacial score (nSPS) is 11.0. The summed E-state index contributed by atoms with van der Waals surface area (Å²) in [6.45, 7) is 5.08. The van der Waals surface area contributed by atoms with Crippen LogP contribution in [0, 0.1) is 13.8 Å². The number of benzene rings is 2. The third kappa shape index (κ3) is 3.85. The molecule has 116 valence electrons. The maximum atomic E-state index is 12.4. The van der Waals surface area contributed by atoms with Crippen LogP contribution < -0.4 is 10.0 Å². The average Bonchev–Trinajstić information content (AvgIpc) is 2.43. The second-order valence-corrected chi connectivity index (χ2v) is 6.81. The summed E-state index contributed by atoms with van der Waals surface area (Å²) in [5, 5.41) is 2.65. The molecule has 0 atom stereocenters. The zero-order valence-electron chi connectivity index (χ0n) is 12.7. The number of hydrogen-bond acceptors (Lipinski definition) is 3. The van der Waals surface area contributed by atoms with Gasteiger partial charge in [0.2, 0.25) is 5.91 Å². The molecule has 0 aromatic heterocycles. The van der Waals surface area contributed by atoms with Crippen molar-refractivity contribution >= 4 is 27.3 Å². The van der Waals surface area contributed by atoms with Gasteiger partial charge in [0.05, 0.1) is 4.90 Å². The van der Waals surface area contributed by atoms with Crippen LogP contribution in [0.4, 0.5) is 11.4 Å². The zero-order valence-corrected chi connectivity index (χ0v) is 13.5. The van der Waals surface area contributed by atoms with Gasteiger partial charge in [-0.1, -0.05) is 17.7 Å². The number of hydrogen-bond donors (Lipinski definition) is 2. The van der Waals surface area contributed by atoms with Crippen molar-refractivity contribution in [2.75, 3.05) is 10.0 Å². The first-order valence-corrected chi connectivity index (χ1v) is 8.24. The molecule has 0 heterocycles. The number of carbonyl (C=O) groups excluding carboxylic acids is 1. The summed E-state index contributed by atoms with van der Waals surface area (Å²) in [5.41, 5.74) is 2.84. The second kappa shape index (κ2) is 6.19. The van der Waals surface area contributed by atoms with E-state index in [1.54, 1.807) is 25.1 Å². The van der Waals surface area contributed by atoms with Crippen LogP contribution in [-0.4, -0.2) is 14.3 Å². The molecule has 0 saturated carbocycles. The lowest BCUT2D eigenvalue weighted by Gasteiger charge is -2.11. The smallest absolute Gasteiger partial charge is 0.261 e. The molecule has 0 fully saturated rings. The van der Waals surface area contributed by atoms with Gasteiger partial charge in [-0.2, -0.15) is 0 Å². The predicted octanol–water partition coefficient (Wildman–Crippen LogP) is 3.06. The summed E-state index contributed by atoms with van der Waals surface area (Å²) in [5.74, 6) is -0.198. The Hall–Kier alpha value is -2.34. The molecule has 0 bridgehead atoms. The van der Waals surface area contributed by atoms with E-state index in [-0.39, 0.29) is 10.8 Å². The molecule has 2 N–H and O–H groups in total. The summed E-state index contributed by atoms with van der Waals surface area (Å²) in [7, 11) is -3.66. The van der Waals surface area contributed by atoms with Crippen molar-refractivity contribution in [3.05, 3.63) is 53.6 Å². The van der Waals surface area contributed by atoms with Crippen LogP contribution in [0.3, 0.4) is 0 Å². The number of amides is 1. The molecule has 0 saturated heterocycles. The number of sulfonamides is 1. The number of aryl methyl sites for hydroxylation is 2. The van der Waals surface area contributed by atoms with E-state index in [1.807, 2.05) is 19.1 Å². The minimum atomic E-state index is -3.66. The predicted molar refractivity (Wildman–Crippen MR) is 87.5 cm³/mol. The topological polar surface area (TPSA) is 75.3 Å². The maximum absolute atomic E-state index is 12.4. The van der Waals surface area contributed by atoms with E-state index in [0.717, 1.165) is 5.56 Å². The first-order chi connectivity index (χ1) is 10.3. The van der Waals surface area contributed by atoms with Crippen LogP contribution in [0.15, 0.2) is 47.4 Å². The van der Waals surface area contributed by atoms with Gasteiger partial charge in [0.25, 0.3) is 10.0 Å². The highest BCUT2D eigenvalue weighted by atomic mass is 32.2. The molecular weight excluding hydrogens is 300 g/mol. The molecular formula is C16H18N2O3S. The molecule has 0 aliphatic carbocycles. The highest BCUT2D eigenvalue weighted by Crippen LogP contribution is 2.22. The van der Waals surface area contributed by atoms with E-state index in [4.69, 9.17) is 0 Å². The Kier molecular flexibility index (Phi) is 4.51. The second-order valence-electron chi connectivity index (χ2n) is 5.13. The monoisotopic (exact) mass is 318 g/mol. The molecule has 0 aliphatic heterocycles. The first-order valence-electron chi connectivity index (χ1n) is 6.76. The number of carbonyl (C=O) groups is 1. The lowest BCUT2D eigenvalue weighted by atomic mass is 10.2. The first kappa shape index (κ1) is 16.0. The molecule has 2 aromatic carbocycles. The van der Waals surface area contributed by atoms with Gasteiger partial charge in [0.1, 0.15) is 0 Å². The molecule has 0 radical (unpaired) electrons. The number of rotatable bonds is 4. The van der Waals surface area contributed by atoms with Crippen molar-refractivity contribution in [1.82, 2.24) is 0 Å². The van der Waals surface area contributed by atoms with Crippen molar-refractivity contribution in [2.24, 2.45) is 0 Å². The van der Waals surface area contributed by atoms with Crippen molar-refractivity contribution in [1.29, 1.82) is 0 Å². The van der Waals surface area contributed by atoms with Crippen LogP contribution >= 0.6 is 0 Å². The summed E-state index contributed by atoms with van der Waals surface area (Å²) in [6.07, 6.45) is 0. The van der Waals surface area contributed by atoms with E-state index in [0.29, 0.717) is 16.9 Å². The summed E-state index contributed by atoms with van der Waals surface area (Å²) in [4.78, 5) is 11.2. The zero-order chi connectivity index (χ0) is 16.3. The number of anilines is 2. The Morgan fingerprint density at radius 3 is 2.18 bits per heavy atom. The largest absolute Gasteiger partial charge is 0.326 e. The molecule has 2 aromatic rings.